The van der Waals surface area contributed by atoms with Crippen LogP contribution in [0.4, 0.5) is 5.13 Å². The third kappa shape index (κ3) is 5.56. The highest BCUT2D eigenvalue weighted by atomic mass is 35.5. The summed E-state index contributed by atoms with van der Waals surface area (Å²) in [6.45, 7) is 5.91. The van der Waals surface area contributed by atoms with Crippen molar-refractivity contribution >= 4 is 45.8 Å². The van der Waals surface area contributed by atoms with Crippen LogP contribution in [0, 0.1) is 16.7 Å². The minimum atomic E-state index is -0.744. The normalized spacial score (nSPS) is 28.1. The molecule has 2 heterocycles. The van der Waals surface area contributed by atoms with Crippen LogP contribution in [0.3, 0.4) is 0 Å². The minimum Gasteiger partial charge on any atom is -0.396 e. The summed E-state index contributed by atoms with van der Waals surface area (Å²) in [7, 11) is 0. The standard InChI is InChI=1S/C26H34ClN5O5S/c1-14(34)28-8-9-30-21(36)11-16-22-17(12-18-25(16,2)6-4-19(35)26(18,3)13-33)38-24(31-22)32-23(37)15-5-7-29-20(27)10-15/h5,7,10,16,18-19,33,35H,4,6,8-9,11-13H2,1-3H3,(H,28,34)(H,30,36)(H,31,32,37)/t16-,18+,19-,25+,26+/m1/s1. The zero-order valence-electron chi connectivity index (χ0n) is 21.7. The van der Waals surface area contributed by atoms with Crippen molar-refractivity contribution in [2.45, 2.75) is 58.5 Å². The van der Waals surface area contributed by atoms with E-state index in [-0.39, 0.29) is 47.7 Å². The largest absolute Gasteiger partial charge is 0.396 e. The molecule has 1 fully saturated rings. The lowest BCUT2D eigenvalue weighted by molar-refractivity contribution is -0.144. The SMILES string of the molecule is CC(=O)NCCNC(=O)C[C@@H]1c2nc(NC(=O)c3ccnc(Cl)c3)sc2C[C@@H]2[C@](C)(CO)[C@H](O)CC[C@]21C. The number of hydrogen-bond acceptors (Lipinski definition) is 8. The third-order valence-electron chi connectivity index (χ3n) is 8.31. The molecule has 206 valence electrons. The lowest BCUT2D eigenvalue weighted by Crippen LogP contribution is -2.57. The molecule has 5 N–H and O–H groups in total. The fraction of sp³-hybridized carbons (Fsp3) is 0.577. The molecule has 10 nitrogen and oxygen atoms in total. The van der Waals surface area contributed by atoms with E-state index < -0.39 is 16.9 Å². The van der Waals surface area contributed by atoms with Crippen LogP contribution < -0.4 is 16.0 Å². The van der Waals surface area contributed by atoms with Gasteiger partial charge in [-0.2, -0.15) is 0 Å². The Kier molecular flexibility index (Phi) is 8.41. The number of carbonyl (C=O) groups is 3. The van der Waals surface area contributed by atoms with Crippen LogP contribution in [0.5, 0.6) is 0 Å². The second kappa shape index (κ2) is 11.3. The van der Waals surface area contributed by atoms with Crippen LogP contribution >= 0.6 is 22.9 Å². The van der Waals surface area contributed by atoms with E-state index in [1.165, 1.54) is 30.5 Å². The van der Waals surface area contributed by atoms with E-state index in [4.69, 9.17) is 16.6 Å². The topological polar surface area (TPSA) is 154 Å². The average molecular weight is 564 g/mol. The second-order valence-corrected chi connectivity index (χ2v) is 12.2. The summed E-state index contributed by atoms with van der Waals surface area (Å²) >= 11 is 7.29. The van der Waals surface area contributed by atoms with Gasteiger partial charge >= 0.3 is 0 Å². The summed E-state index contributed by atoms with van der Waals surface area (Å²) in [6.07, 6.45) is 2.72. The first kappa shape index (κ1) is 28.4. The van der Waals surface area contributed by atoms with E-state index in [1.807, 2.05) is 6.92 Å². The molecule has 0 saturated heterocycles. The van der Waals surface area contributed by atoms with Crippen LogP contribution in [0.1, 0.15) is 66.9 Å². The molecule has 12 heteroatoms. The van der Waals surface area contributed by atoms with Gasteiger partial charge in [-0.1, -0.05) is 25.4 Å². The van der Waals surface area contributed by atoms with Gasteiger partial charge in [0.25, 0.3) is 5.91 Å². The Labute approximate surface area is 230 Å². The lowest BCUT2D eigenvalue weighted by Gasteiger charge is -2.58. The van der Waals surface area contributed by atoms with Crippen molar-refractivity contribution in [3.63, 3.8) is 0 Å². The number of pyridine rings is 1. The van der Waals surface area contributed by atoms with Crippen molar-refractivity contribution in [3.05, 3.63) is 39.6 Å². The number of nitrogens with one attached hydrogen (secondary N) is 3. The van der Waals surface area contributed by atoms with E-state index in [1.54, 1.807) is 6.07 Å². The molecule has 5 atom stereocenters. The summed E-state index contributed by atoms with van der Waals surface area (Å²) in [5.41, 5.74) is -0.0334. The van der Waals surface area contributed by atoms with Crippen LogP contribution in [0.2, 0.25) is 5.15 Å². The molecule has 0 bridgehead atoms. The number of aromatic nitrogens is 2. The van der Waals surface area contributed by atoms with Gasteiger partial charge in [0.1, 0.15) is 5.15 Å². The molecule has 4 rings (SSSR count). The third-order valence-corrected chi connectivity index (χ3v) is 9.53. The number of anilines is 1. The van der Waals surface area contributed by atoms with Crippen molar-refractivity contribution in [1.82, 2.24) is 20.6 Å². The van der Waals surface area contributed by atoms with Crippen LogP contribution in [-0.4, -0.2) is 63.7 Å². The number of amides is 3. The number of rotatable bonds is 8. The van der Waals surface area contributed by atoms with Crippen molar-refractivity contribution in [2.75, 3.05) is 25.0 Å². The summed E-state index contributed by atoms with van der Waals surface area (Å²) in [4.78, 5) is 46.7. The molecule has 2 aliphatic rings. The smallest absolute Gasteiger partial charge is 0.257 e. The Hall–Kier alpha value is -2.60. The number of fused-ring (bicyclic) bond motifs is 2. The molecular formula is C26H34ClN5O5S. The number of aliphatic hydroxyl groups excluding tert-OH is 2. The minimum absolute atomic E-state index is 0.101. The number of carbonyl (C=O) groups excluding carboxylic acids is 3. The van der Waals surface area contributed by atoms with Crippen molar-refractivity contribution in [3.8, 4) is 0 Å². The first-order valence-electron chi connectivity index (χ1n) is 12.7. The van der Waals surface area contributed by atoms with Crippen LogP contribution in [-0.2, 0) is 16.0 Å². The Morgan fingerprint density at radius 2 is 1.97 bits per heavy atom. The average Bonchev–Trinajstić information content (AvgIpc) is 3.27. The zero-order chi connectivity index (χ0) is 27.7. The molecule has 0 aromatic carbocycles. The molecule has 0 spiro atoms. The van der Waals surface area contributed by atoms with Gasteiger partial charge in [-0.25, -0.2) is 9.97 Å². The van der Waals surface area contributed by atoms with E-state index in [0.29, 0.717) is 43.0 Å². The highest BCUT2D eigenvalue weighted by molar-refractivity contribution is 7.15. The quantitative estimate of drug-likeness (QED) is 0.244. The van der Waals surface area contributed by atoms with Gasteiger partial charge in [0.2, 0.25) is 11.8 Å². The highest BCUT2D eigenvalue weighted by Gasteiger charge is 2.59. The Bertz CT molecular complexity index is 1220. The molecule has 0 unspecified atom stereocenters. The molecule has 1 saturated carbocycles. The Morgan fingerprint density at radius 3 is 2.66 bits per heavy atom. The number of hydrogen-bond donors (Lipinski definition) is 5. The van der Waals surface area contributed by atoms with Crippen LogP contribution in [0.25, 0.3) is 0 Å². The predicted octanol–water partition coefficient (Wildman–Crippen LogP) is 2.50. The maximum absolute atomic E-state index is 13.0. The fourth-order valence-corrected chi connectivity index (χ4v) is 7.35. The van der Waals surface area contributed by atoms with Gasteiger partial charge < -0.3 is 20.8 Å². The maximum Gasteiger partial charge on any atom is 0.257 e. The van der Waals surface area contributed by atoms with Gasteiger partial charge in [-0.3, -0.25) is 19.7 Å². The van der Waals surface area contributed by atoms with Gasteiger partial charge in [0, 0.05) is 54.4 Å². The zero-order valence-corrected chi connectivity index (χ0v) is 23.3. The van der Waals surface area contributed by atoms with Gasteiger partial charge in [-0.05, 0) is 42.7 Å². The molecule has 2 aromatic rings. The van der Waals surface area contributed by atoms with E-state index in [9.17, 15) is 24.6 Å². The Morgan fingerprint density at radius 1 is 1.24 bits per heavy atom. The molecule has 3 amide bonds. The van der Waals surface area contributed by atoms with E-state index >= 15 is 0 Å². The van der Waals surface area contributed by atoms with Gasteiger partial charge in [-0.15, -0.1) is 11.3 Å². The number of halogens is 1. The summed E-state index contributed by atoms with van der Waals surface area (Å²) in [5, 5.41) is 30.3. The predicted molar refractivity (Wildman–Crippen MR) is 144 cm³/mol. The summed E-state index contributed by atoms with van der Waals surface area (Å²) in [6, 6.07) is 3.04. The first-order valence-corrected chi connectivity index (χ1v) is 13.9. The molecule has 0 aliphatic heterocycles. The molecule has 2 aliphatic carbocycles. The number of nitrogens with zero attached hydrogens (tertiary/aromatic N) is 2. The summed E-state index contributed by atoms with van der Waals surface area (Å²) in [5.74, 6) is -1.09. The summed E-state index contributed by atoms with van der Waals surface area (Å²) < 4.78 is 0. The second-order valence-electron chi connectivity index (χ2n) is 10.7. The van der Waals surface area contributed by atoms with Crippen molar-refractivity contribution in [2.24, 2.45) is 16.7 Å². The van der Waals surface area contributed by atoms with Crippen molar-refractivity contribution < 1.29 is 24.6 Å². The fourth-order valence-electron chi connectivity index (χ4n) is 6.11. The van der Waals surface area contributed by atoms with Gasteiger partial charge in [0.05, 0.1) is 18.4 Å². The molecule has 2 aromatic heterocycles. The molecule has 0 radical (unpaired) electrons. The lowest BCUT2D eigenvalue weighted by atomic mass is 9.47. The monoisotopic (exact) mass is 563 g/mol. The Balaban J connectivity index is 1.63. The van der Waals surface area contributed by atoms with E-state index in [2.05, 4.69) is 27.9 Å². The number of aliphatic hydroxyl groups is 2. The van der Waals surface area contributed by atoms with Gasteiger partial charge in [0.15, 0.2) is 5.13 Å². The van der Waals surface area contributed by atoms with Crippen LogP contribution in [0.15, 0.2) is 18.3 Å². The van der Waals surface area contributed by atoms with Crippen molar-refractivity contribution in [1.29, 1.82) is 0 Å². The number of thiazole rings is 1. The molecular weight excluding hydrogens is 530 g/mol. The molecule has 38 heavy (non-hydrogen) atoms. The highest BCUT2D eigenvalue weighted by Crippen LogP contribution is 2.62. The van der Waals surface area contributed by atoms with E-state index in [0.717, 1.165) is 10.6 Å². The first-order chi connectivity index (χ1) is 18.0. The maximum atomic E-state index is 13.0.